The Kier molecular flexibility index (Phi) is 7.94. The summed E-state index contributed by atoms with van der Waals surface area (Å²) in [5.41, 5.74) is 6.81. The van der Waals surface area contributed by atoms with Gasteiger partial charge in [0.15, 0.2) is 6.17 Å². The third-order valence-electron chi connectivity index (χ3n) is 5.56. The van der Waals surface area contributed by atoms with Gasteiger partial charge < -0.3 is 16.0 Å². The number of carbonyl (C=O) groups is 2. The van der Waals surface area contributed by atoms with Crippen LogP contribution in [0.15, 0.2) is 47.4 Å². The van der Waals surface area contributed by atoms with Gasteiger partial charge in [-0.05, 0) is 41.3 Å². The Morgan fingerprint density at radius 3 is 2.26 bits per heavy atom. The summed E-state index contributed by atoms with van der Waals surface area (Å²) in [6.45, 7) is 6.48. The minimum Gasteiger partial charge on any atom is -0.352 e. The molecule has 0 bridgehead atoms. The van der Waals surface area contributed by atoms with Crippen LogP contribution < -0.4 is 11.1 Å². The molecule has 3 rings (SSSR count). The van der Waals surface area contributed by atoms with Crippen LogP contribution in [0.5, 0.6) is 0 Å². The molecule has 0 saturated carbocycles. The zero-order chi connectivity index (χ0) is 25.3. The van der Waals surface area contributed by atoms with Crippen molar-refractivity contribution < 1.29 is 18.0 Å². The number of nitrogens with two attached hydrogens (primary N) is 1. The van der Waals surface area contributed by atoms with Crippen LogP contribution in [0.2, 0.25) is 10.0 Å². The van der Waals surface area contributed by atoms with Gasteiger partial charge in [0.2, 0.25) is 10.0 Å². The first-order valence-electron chi connectivity index (χ1n) is 10.7. The number of halogens is 2. The van der Waals surface area contributed by atoms with E-state index >= 15 is 0 Å². The van der Waals surface area contributed by atoms with Crippen LogP contribution >= 0.6 is 23.2 Å². The maximum absolute atomic E-state index is 13.4. The van der Waals surface area contributed by atoms with Gasteiger partial charge in [-0.15, -0.1) is 0 Å². The molecule has 8 nitrogen and oxygen atoms in total. The summed E-state index contributed by atoms with van der Waals surface area (Å²) in [4.78, 5) is 27.5. The Hall–Kier alpha value is -2.17. The topological polar surface area (TPSA) is 113 Å². The van der Waals surface area contributed by atoms with E-state index in [1.807, 2.05) is 12.1 Å². The summed E-state index contributed by atoms with van der Waals surface area (Å²) in [7, 11) is -4.17. The monoisotopic (exact) mass is 526 g/mol. The largest absolute Gasteiger partial charge is 0.352 e. The number of nitrogens with one attached hydrogen (secondary N) is 1. The molecule has 2 amide bonds. The van der Waals surface area contributed by atoms with Crippen LogP contribution in [0.3, 0.4) is 0 Å². The van der Waals surface area contributed by atoms with E-state index in [2.05, 4.69) is 26.1 Å². The smallest absolute Gasteiger partial charge is 0.259 e. The van der Waals surface area contributed by atoms with Crippen LogP contribution in [0.25, 0.3) is 0 Å². The molecule has 34 heavy (non-hydrogen) atoms. The van der Waals surface area contributed by atoms with E-state index in [1.165, 1.54) is 23.1 Å². The molecule has 1 saturated heterocycles. The van der Waals surface area contributed by atoms with Crippen molar-refractivity contribution in [2.45, 2.75) is 37.2 Å². The Labute approximate surface area is 210 Å². The molecule has 1 heterocycles. The lowest BCUT2D eigenvalue weighted by Gasteiger charge is -2.29. The molecule has 0 aliphatic carbocycles. The highest BCUT2D eigenvalue weighted by atomic mass is 35.5. The predicted molar refractivity (Wildman–Crippen MR) is 132 cm³/mol. The summed E-state index contributed by atoms with van der Waals surface area (Å²) in [6, 6.07) is 11.0. The predicted octanol–water partition coefficient (Wildman–Crippen LogP) is 2.84. The number of sulfonamides is 1. The fourth-order valence-corrected chi connectivity index (χ4v) is 5.62. The van der Waals surface area contributed by atoms with Crippen LogP contribution in [-0.2, 0) is 20.2 Å². The molecule has 184 valence electrons. The van der Waals surface area contributed by atoms with E-state index in [1.54, 1.807) is 12.1 Å². The van der Waals surface area contributed by atoms with Gasteiger partial charge in [-0.1, -0.05) is 56.1 Å². The van der Waals surface area contributed by atoms with Crippen molar-refractivity contribution in [3.8, 4) is 0 Å². The highest BCUT2D eigenvalue weighted by molar-refractivity contribution is 7.89. The lowest BCUT2D eigenvalue weighted by Crippen LogP contribution is -2.54. The Balaban J connectivity index is 1.97. The molecular weight excluding hydrogens is 499 g/mol. The molecule has 1 unspecified atom stereocenters. The zero-order valence-electron chi connectivity index (χ0n) is 19.2. The molecule has 1 atom stereocenters. The van der Waals surface area contributed by atoms with Crippen LogP contribution in [0, 0.1) is 0 Å². The average Bonchev–Trinajstić information content (AvgIpc) is 3.24. The maximum Gasteiger partial charge on any atom is 0.259 e. The molecule has 2 aromatic rings. The normalized spacial score (nSPS) is 17.1. The first-order valence-corrected chi connectivity index (χ1v) is 12.9. The van der Waals surface area contributed by atoms with Gasteiger partial charge in [0, 0.05) is 31.7 Å². The molecule has 0 radical (unpaired) electrons. The van der Waals surface area contributed by atoms with Crippen LogP contribution in [0.4, 0.5) is 0 Å². The van der Waals surface area contributed by atoms with E-state index < -0.39 is 28.0 Å². The van der Waals surface area contributed by atoms with Gasteiger partial charge in [-0.25, -0.2) is 8.42 Å². The molecular formula is C23H28Cl2N4O4S. The fraction of sp³-hybridized carbons (Fsp3) is 0.391. The molecule has 1 fully saturated rings. The number of amides is 2. The van der Waals surface area contributed by atoms with Gasteiger partial charge >= 0.3 is 0 Å². The molecule has 1 aliphatic heterocycles. The Bertz CT molecular complexity index is 1180. The van der Waals surface area contributed by atoms with Gasteiger partial charge in [0.1, 0.15) is 0 Å². The summed E-state index contributed by atoms with van der Waals surface area (Å²) >= 11 is 12.0. The second-order valence-corrected chi connectivity index (χ2v) is 11.7. The van der Waals surface area contributed by atoms with Crippen molar-refractivity contribution in [3.63, 3.8) is 0 Å². The zero-order valence-corrected chi connectivity index (χ0v) is 21.5. The van der Waals surface area contributed by atoms with Gasteiger partial charge in [0.05, 0.1) is 14.9 Å². The second kappa shape index (κ2) is 10.2. The first-order chi connectivity index (χ1) is 15.9. The van der Waals surface area contributed by atoms with Crippen LogP contribution in [-0.4, -0.2) is 61.8 Å². The van der Waals surface area contributed by atoms with E-state index in [0.29, 0.717) is 5.56 Å². The lowest BCUT2D eigenvalue weighted by molar-refractivity contribution is -0.127. The molecule has 3 N–H and O–H groups in total. The van der Waals surface area contributed by atoms with Gasteiger partial charge in [-0.3, -0.25) is 9.59 Å². The van der Waals surface area contributed by atoms with Crippen molar-refractivity contribution in [1.29, 1.82) is 0 Å². The van der Waals surface area contributed by atoms with E-state index in [4.69, 9.17) is 28.9 Å². The van der Waals surface area contributed by atoms with E-state index in [9.17, 15) is 18.0 Å². The SMILES string of the molecule is CC(C)(C)c1ccc(C(=O)N2CCN(S(=O)(=O)c3ccc(Cl)c(Cl)c3)C2C(=O)NCCN)cc1. The summed E-state index contributed by atoms with van der Waals surface area (Å²) < 4.78 is 27.9. The van der Waals surface area contributed by atoms with Crippen molar-refractivity contribution >= 4 is 45.0 Å². The standard InChI is InChI=1S/C23H28Cl2N4O4S/c1-23(2,3)16-6-4-15(5-7-16)22(31)28-12-13-29(21(28)20(30)27-11-10-26)34(32,33)17-8-9-18(24)19(25)14-17/h4-9,14,21H,10-13,26H2,1-3H3,(H,27,30). The molecule has 1 aliphatic rings. The third kappa shape index (κ3) is 5.39. The molecule has 0 aromatic heterocycles. The maximum atomic E-state index is 13.4. The molecule has 11 heteroatoms. The van der Waals surface area contributed by atoms with Crippen LogP contribution in [0.1, 0.15) is 36.7 Å². The number of rotatable bonds is 6. The quantitative estimate of drug-likeness (QED) is 0.600. The number of nitrogens with zero attached hydrogens (tertiary/aromatic N) is 2. The second-order valence-electron chi connectivity index (χ2n) is 8.97. The van der Waals surface area contributed by atoms with E-state index in [0.717, 1.165) is 9.87 Å². The first kappa shape index (κ1) is 26.4. The van der Waals surface area contributed by atoms with Crippen molar-refractivity contribution in [3.05, 3.63) is 63.6 Å². The third-order valence-corrected chi connectivity index (χ3v) is 8.15. The molecule has 2 aromatic carbocycles. The Morgan fingerprint density at radius 2 is 1.71 bits per heavy atom. The lowest BCUT2D eigenvalue weighted by atomic mass is 9.86. The summed E-state index contributed by atoms with van der Waals surface area (Å²) in [5, 5.41) is 2.87. The van der Waals surface area contributed by atoms with Gasteiger partial charge in [-0.2, -0.15) is 4.31 Å². The number of benzene rings is 2. The minimum absolute atomic E-state index is 0.0428. The number of carbonyl (C=O) groups excluding carboxylic acids is 2. The fourth-order valence-electron chi connectivity index (χ4n) is 3.68. The summed E-state index contributed by atoms with van der Waals surface area (Å²) in [5.74, 6) is -1.08. The van der Waals surface area contributed by atoms with Crippen molar-refractivity contribution in [1.82, 2.24) is 14.5 Å². The van der Waals surface area contributed by atoms with Crippen molar-refractivity contribution in [2.24, 2.45) is 5.73 Å². The van der Waals surface area contributed by atoms with E-state index in [-0.39, 0.29) is 46.5 Å². The van der Waals surface area contributed by atoms with Crippen molar-refractivity contribution in [2.75, 3.05) is 26.2 Å². The number of hydrogen-bond donors (Lipinski definition) is 2. The minimum atomic E-state index is -4.17. The highest BCUT2D eigenvalue weighted by Crippen LogP contribution is 2.30. The highest BCUT2D eigenvalue weighted by Gasteiger charge is 2.46. The van der Waals surface area contributed by atoms with Gasteiger partial charge in [0.25, 0.3) is 11.8 Å². The number of hydrogen-bond acceptors (Lipinski definition) is 5. The molecule has 0 spiro atoms. The Morgan fingerprint density at radius 1 is 1.06 bits per heavy atom. The average molecular weight is 527 g/mol. The summed E-state index contributed by atoms with van der Waals surface area (Å²) in [6.07, 6.45) is -1.37.